The molecule has 0 amide bonds. The van der Waals surface area contributed by atoms with Crippen LogP contribution in [0.15, 0.2) is 0 Å². The van der Waals surface area contributed by atoms with Crippen LogP contribution in [0.5, 0.6) is 0 Å². The van der Waals surface area contributed by atoms with Gasteiger partial charge in [-0.3, -0.25) is 4.90 Å². The predicted octanol–water partition coefficient (Wildman–Crippen LogP) is -0.00160. The second kappa shape index (κ2) is 5.68. The Hall–Kier alpha value is -0.170. The van der Waals surface area contributed by atoms with Gasteiger partial charge in [0, 0.05) is 30.7 Å². The van der Waals surface area contributed by atoms with Crippen LogP contribution < -0.4 is 5.32 Å². The Bertz CT molecular complexity index is 408. The predicted molar refractivity (Wildman–Crippen MR) is 76.0 cm³/mol. The summed E-state index contributed by atoms with van der Waals surface area (Å²) in [4.78, 5) is 2.23. The van der Waals surface area contributed by atoms with Gasteiger partial charge in [0.1, 0.15) is 0 Å². The maximum absolute atomic E-state index is 11.5. The maximum Gasteiger partial charge on any atom is 0.153 e. The molecule has 2 fully saturated rings. The van der Waals surface area contributed by atoms with E-state index in [2.05, 4.69) is 17.1 Å². The lowest BCUT2D eigenvalue weighted by atomic mass is 9.98. The number of hydrogen-bond donors (Lipinski definition) is 2. The van der Waals surface area contributed by atoms with Crippen molar-refractivity contribution in [2.45, 2.75) is 50.7 Å². The number of aliphatic hydroxyl groups is 1. The molecule has 6 heteroatoms. The number of nitrogens with zero attached hydrogens (tertiary/aromatic N) is 1. The van der Waals surface area contributed by atoms with Gasteiger partial charge in [-0.05, 0) is 33.1 Å². The van der Waals surface area contributed by atoms with Gasteiger partial charge in [0.05, 0.1) is 18.1 Å². The lowest BCUT2D eigenvalue weighted by molar-refractivity contribution is 0.134. The first-order chi connectivity index (χ1) is 8.84. The summed E-state index contributed by atoms with van der Waals surface area (Å²) < 4.78 is 23.1. The summed E-state index contributed by atoms with van der Waals surface area (Å²) in [6.07, 6.45) is 3.26. The van der Waals surface area contributed by atoms with Crippen molar-refractivity contribution in [3.63, 3.8) is 0 Å². The Morgan fingerprint density at radius 2 is 2.11 bits per heavy atom. The molecule has 0 aromatic heterocycles. The van der Waals surface area contributed by atoms with Crippen LogP contribution in [-0.4, -0.2) is 67.2 Å². The number of nitrogens with one attached hydrogen (secondary N) is 1. The summed E-state index contributed by atoms with van der Waals surface area (Å²) in [6.45, 7) is 5.61. The van der Waals surface area contributed by atoms with E-state index in [-0.39, 0.29) is 29.7 Å². The molecule has 2 aliphatic rings. The van der Waals surface area contributed by atoms with Crippen LogP contribution in [0.1, 0.15) is 33.1 Å². The minimum Gasteiger partial charge on any atom is -0.394 e. The quantitative estimate of drug-likeness (QED) is 0.720. The smallest absolute Gasteiger partial charge is 0.153 e. The average molecular weight is 290 g/mol. The number of rotatable bonds is 6. The fraction of sp³-hybridized carbons (Fsp3) is 1.00. The van der Waals surface area contributed by atoms with Gasteiger partial charge in [0.2, 0.25) is 0 Å². The third-order valence-electron chi connectivity index (χ3n) is 4.24. The summed E-state index contributed by atoms with van der Waals surface area (Å²) in [5, 5.41) is 13.1. The molecule has 2 rings (SSSR count). The lowest BCUT2D eigenvalue weighted by Gasteiger charge is -2.37. The van der Waals surface area contributed by atoms with Crippen molar-refractivity contribution >= 4 is 9.84 Å². The molecular weight excluding hydrogens is 264 g/mol. The second-order valence-electron chi connectivity index (χ2n) is 6.39. The number of hydrogen-bond acceptors (Lipinski definition) is 5. The molecule has 0 aromatic rings. The van der Waals surface area contributed by atoms with Crippen LogP contribution in [0, 0.1) is 0 Å². The molecule has 0 aromatic carbocycles. The van der Waals surface area contributed by atoms with E-state index in [0.29, 0.717) is 12.6 Å². The first kappa shape index (κ1) is 15.2. The van der Waals surface area contributed by atoms with Gasteiger partial charge in [0.25, 0.3) is 0 Å². The van der Waals surface area contributed by atoms with Crippen molar-refractivity contribution in [2.75, 3.05) is 31.2 Å². The van der Waals surface area contributed by atoms with Crippen LogP contribution in [0.3, 0.4) is 0 Å². The van der Waals surface area contributed by atoms with E-state index in [4.69, 9.17) is 0 Å². The van der Waals surface area contributed by atoms with E-state index >= 15 is 0 Å². The number of sulfone groups is 1. The van der Waals surface area contributed by atoms with Crippen LogP contribution in [0.25, 0.3) is 0 Å². The molecule has 1 heterocycles. The van der Waals surface area contributed by atoms with Crippen molar-refractivity contribution < 1.29 is 13.5 Å². The second-order valence-corrected chi connectivity index (χ2v) is 8.62. The van der Waals surface area contributed by atoms with Crippen molar-refractivity contribution in [1.29, 1.82) is 0 Å². The molecule has 2 unspecified atom stereocenters. The minimum atomic E-state index is -2.84. The zero-order valence-corrected chi connectivity index (χ0v) is 12.7. The van der Waals surface area contributed by atoms with Gasteiger partial charge in [0.15, 0.2) is 9.84 Å². The largest absolute Gasteiger partial charge is 0.394 e. The Labute approximate surface area is 116 Å². The lowest BCUT2D eigenvalue weighted by Crippen LogP contribution is -2.52. The van der Waals surface area contributed by atoms with Crippen LogP contribution in [0.2, 0.25) is 0 Å². The van der Waals surface area contributed by atoms with Crippen LogP contribution in [-0.2, 0) is 9.84 Å². The third kappa shape index (κ3) is 4.41. The van der Waals surface area contributed by atoms with Crippen LogP contribution in [0.4, 0.5) is 0 Å². The standard InChI is InChI=1S/C13H26N2O3S/c1-11-9-19(17,18)8-7-15(11)6-5-13(2,10-16)14-12-3-4-12/h11-12,14,16H,3-10H2,1-2H3. The van der Waals surface area contributed by atoms with Crippen molar-refractivity contribution in [2.24, 2.45) is 0 Å². The molecule has 19 heavy (non-hydrogen) atoms. The van der Waals surface area contributed by atoms with E-state index in [1.54, 1.807) is 0 Å². The van der Waals surface area contributed by atoms with Crippen LogP contribution >= 0.6 is 0 Å². The first-order valence-corrected chi connectivity index (χ1v) is 8.99. The molecule has 0 spiro atoms. The Kier molecular flexibility index (Phi) is 4.55. The van der Waals surface area contributed by atoms with Crippen molar-refractivity contribution in [3.8, 4) is 0 Å². The summed E-state index contributed by atoms with van der Waals surface area (Å²) in [7, 11) is -2.84. The normalized spacial score (nSPS) is 31.0. The maximum atomic E-state index is 11.5. The Morgan fingerprint density at radius 3 is 2.63 bits per heavy atom. The third-order valence-corrected chi connectivity index (χ3v) is 6.03. The molecule has 1 aliphatic heterocycles. The van der Waals surface area contributed by atoms with Gasteiger partial charge < -0.3 is 10.4 Å². The topological polar surface area (TPSA) is 69.6 Å². The van der Waals surface area contributed by atoms with E-state index in [1.807, 2.05) is 6.92 Å². The van der Waals surface area contributed by atoms with Crippen molar-refractivity contribution in [3.05, 3.63) is 0 Å². The Morgan fingerprint density at radius 1 is 1.42 bits per heavy atom. The highest BCUT2D eigenvalue weighted by atomic mass is 32.2. The molecule has 1 aliphatic carbocycles. The highest BCUT2D eigenvalue weighted by molar-refractivity contribution is 7.91. The van der Waals surface area contributed by atoms with Gasteiger partial charge in [-0.25, -0.2) is 8.42 Å². The highest BCUT2D eigenvalue weighted by Gasteiger charge is 2.34. The first-order valence-electron chi connectivity index (χ1n) is 7.17. The molecular formula is C13H26N2O3S. The van der Waals surface area contributed by atoms with E-state index in [0.717, 1.165) is 13.0 Å². The fourth-order valence-corrected chi connectivity index (χ4v) is 4.30. The molecule has 0 radical (unpaired) electrons. The monoisotopic (exact) mass is 290 g/mol. The zero-order chi connectivity index (χ0) is 14.1. The highest BCUT2D eigenvalue weighted by Crippen LogP contribution is 2.24. The molecule has 2 atom stereocenters. The van der Waals surface area contributed by atoms with Crippen molar-refractivity contribution in [1.82, 2.24) is 10.2 Å². The van der Waals surface area contributed by atoms with E-state index in [9.17, 15) is 13.5 Å². The zero-order valence-electron chi connectivity index (χ0n) is 11.9. The molecule has 1 saturated heterocycles. The SMILES string of the molecule is CC1CS(=O)(=O)CCN1CCC(C)(CO)NC1CC1. The minimum absolute atomic E-state index is 0.0858. The van der Waals surface area contributed by atoms with E-state index < -0.39 is 9.84 Å². The molecule has 0 bridgehead atoms. The summed E-state index contributed by atoms with van der Waals surface area (Å²) in [5.74, 6) is 0.530. The molecule has 112 valence electrons. The average Bonchev–Trinajstić information content (AvgIpc) is 3.11. The van der Waals surface area contributed by atoms with Gasteiger partial charge in [-0.1, -0.05) is 0 Å². The van der Waals surface area contributed by atoms with E-state index in [1.165, 1.54) is 12.8 Å². The fourth-order valence-electron chi connectivity index (χ4n) is 2.67. The Balaban J connectivity index is 1.83. The van der Waals surface area contributed by atoms with Gasteiger partial charge >= 0.3 is 0 Å². The van der Waals surface area contributed by atoms with Gasteiger partial charge in [-0.15, -0.1) is 0 Å². The molecule has 1 saturated carbocycles. The van der Waals surface area contributed by atoms with Gasteiger partial charge in [-0.2, -0.15) is 0 Å². The summed E-state index contributed by atoms with van der Waals surface area (Å²) in [6, 6.07) is 0.652. The molecule has 5 nitrogen and oxygen atoms in total. The number of aliphatic hydroxyl groups excluding tert-OH is 1. The summed E-state index contributed by atoms with van der Waals surface area (Å²) >= 11 is 0. The molecule has 2 N–H and O–H groups in total. The summed E-state index contributed by atoms with van der Waals surface area (Å²) in [5.41, 5.74) is -0.239.